The number of anilines is 6. The fourth-order valence-electron chi connectivity index (χ4n) is 12.5. The van der Waals surface area contributed by atoms with Gasteiger partial charge >= 0.3 is 0 Å². The highest BCUT2D eigenvalue weighted by molar-refractivity contribution is 6.20. The zero-order valence-electron chi connectivity index (χ0n) is 48.3. The Morgan fingerprint density at radius 2 is 0.646 bits per heavy atom. The van der Waals surface area contributed by atoms with Crippen molar-refractivity contribution in [2.24, 2.45) is 0 Å². The summed E-state index contributed by atoms with van der Waals surface area (Å²) >= 11 is 0. The van der Waals surface area contributed by atoms with Crippen LogP contribution in [0.25, 0.3) is 43.4 Å². The molecular formula is C77H74N2. The third kappa shape index (κ3) is 9.00. The van der Waals surface area contributed by atoms with Crippen molar-refractivity contribution >= 4 is 66.4 Å². The molecule has 0 atom stereocenters. The molecule has 79 heavy (non-hydrogen) atoms. The Kier molecular flexibility index (Phi) is 12.4. The standard InChI is InChI=1S/C77H74N2/c1-73(2,3)53-28-37-59(38-29-53)78(60-39-30-54(31-40-60)74(4,5)6)63-36-27-51-48-69-70(49-52(51)47-63)77(57-21-15-13-16-22-57,58-23-17-14-18-24-58)72-67-46-45-64(50-68(67)65-25-19-20-26-66(65)71(69)72)79(61-41-32-55(33-42-61)75(7,8)9)62-43-34-56(35-44-62)76(10,11)12/h13-50H,1-12H3. The molecular weight excluding hydrogens is 953 g/mol. The molecule has 0 spiro atoms. The lowest BCUT2D eigenvalue weighted by molar-refractivity contribution is 0.590. The van der Waals surface area contributed by atoms with E-state index in [1.807, 2.05) is 0 Å². The van der Waals surface area contributed by atoms with E-state index < -0.39 is 5.41 Å². The molecule has 2 nitrogen and oxygen atoms in total. The van der Waals surface area contributed by atoms with Crippen LogP contribution >= 0.6 is 0 Å². The summed E-state index contributed by atoms with van der Waals surface area (Å²) < 4.78 is 0. The first-order valence-electron chi connectivity index (χ1n) is 28.4. The topological polar surface area (TPSA) is 6.48 Å². The van der Waals surface area contributed by atoms with Crippen molar-refractivity contribution in [3.63, 3.8) is 0 Å². The van der Waals surface area contributed by atoms with Gasteiger partial charge in [-0.1, -0.05) is 229 Å². The highest BCUT2D eigenvalue weighted by atomic mass is 15.1. The van der Waals surface area contributed by atoms with E-state index in [1.54, 1.807) is 0 Å². The van der Waals surface area contributed by atoms with Crippen LogP contribution in [-0.2, 0) is 27.1 Å². The number of benzene rings is 11. The van der Waals surface area contributed by atoms with Crippen molar-refractivity contribution in [3.8, 4) is 11.1 Å². The summed E-state index contributed by atoms with van der Waals surface area (Å²) in [7, 11) is 0. The first kappa shape index (κ1) is 51.6. The molecule has 0 aromatic heterocycles. The van der Waals surface area contributed by atoms with E-state index in [0.717, 1.165) is 34.1 Å². The van der Waals surface area contributed by atoms with Gasteiger partial charge in [0.2, 0.25) is 0 Å². The van der Waals surface area contributed by atoms with Crippen LogP contribution in [0.4, 0.5) is 34.1 Å². The van der Waals surface area contributed by atoms with E-state index >= 15 is 0 Å². The second-order valence-corrected chi connectivity index (χ2v) is 26.3. The van der Waals surface area contributed by atoms with E-state index in [1.165, 1.54) is 88.0 Å². The van der Waals surface area contributed by atoms with Gasteiger partial charge in [0.05, 0.1) is 5.41 Å². The van der Waals surface area contributed by atoms with Gasteiger partial charge in [0, 0.05) is 34.1 Å². The van der Waals surface area contributed by atoms with Crippen LogP contribution in [-0.4, -0.2) is 0 Å². The summed E-state index contributed by atoms with van der Waals surface area (Å²) in [6.45, 7) is 27.4. The molecule has 0 aliphatic heterocycles. The predicted octanol–water partition coefficient (Wildman–Crippen LogP) is 21.6. The zero-order valence-corrected chi connectivity index (χ0v) is 48.3. The Morgan fingerprint density at radius 1 is 0.278 bits per heavy atom. The first-order valence-corrected chi connectivity index (χ1v) is 28.4. The van der Waals surface area contributed by atoms with Gasteiger partial charge in [-0.3, -0.25) is 0 Å². The molecule has 1 aliphatic carbocycles. The van der Waals surface area contributed by atoms with Crippen molar-refractivity contribution in [1.29, 1.82) is 0 Å². The predicted molar refractivity (Wildman–Crippen MR) is 340 cm³/mol. The number of hydrogen-bond acceptors (Lipinski definition) is 2. The fraction of sp³-hybridized carbons (Fsp3) is 0.221. The van der Waals surface area contributed by atoms with Gasteiger partial charge in [-0.05, 0) is 195 Å². The van der Waals surface area contributed by atoms with E-state index in [2.05, 4.69) is 323 Å². The minimum Gasteiger partial charge on any atom is -0.310 e. The highest BCUT2D eigenvalue weighted by Gasteiger charge is 2.48. The quantitative estimate of drug-likeness (QED) is 0.140. The zero-order chi connectivity index (χ0) is 55.2. The summed E-state index contributed by atoms with van der Waals surface area (Å²) in [6.07, 6.45) is 0. The Labute approximate surface area is 470 Å². The van der Waals surface area contributed by atoms with Crippen LogP contribution in [0, 0.1) is 0 Å². The van der Waals surface area contributed by atoms with E-state index in [-0.39, 0.29) is 21.7 Å². The third-order valence-corrected chi connectivity index (χ3v) is 16.9. The average molecular weight is 1030 g/mol. The molecule has 392 valence electrons. The molecule has 0 saturated heterocycles. The third-order valence-electron chi connectivity index (χ3n) is 16.9. The molecule has 11 aromatic rings. The maximum absolute atomic E-state index is 2.54. The lowest BCUT2D eigenvalue weighted by Gasteiger charge is -2.35. The maximum Gasteiger partial charge on any atom is 0.0720 e. The molecule has 0 saturated carbocycles. The summed E-state index contributed by atoms with van der Waals surface area (Å²) in [5.74, 6) is 0. The fourth-order valence-corrected chi connectivity index (χ4v) is 12.5. The molecule has 0 heterocycles. The Hall–Kier alpha value is -8.20. The summed E-state index contributed by atoms with van der Waals surface area (Å²) in [6, 6.07) is 88.0. The van der Waals surface area contributed by atoms with Gasteiger partial charge in [0.1, 0.15) is 0 Å². The van der Waals surface area contributed by atoms with E-state index in [9.17, 15) is 0 Å². The molecule has 12 rings (SSSR count). The maximum atomic E-state index is 2.54. The largest absolute Gasteiger partial charge is 0.310 e. The Bertz CT molecular complexity index is 3890. The van der Waals surface area contributed by atoms with Crippen molar-refractivity contribution in [1.82, 2.24) is 0 Å². The SMILES string of the molecule is CC(C)(C)c1ccc(N(c2ccc(C(C)(C)C)cc2)c2ccc3cc4c(cc3c2)C(c2ccccc2)(c2ccccc2)c2c-4c3ccccc3c3cc(N(c4ccc(C(C)(C)C)cc4)c4ccc(C(C)(C)C)cc4)ccc23)cc1. The summed E-state index contributed by atoms with van der Waals surface area (Å²) in [5, 5.41) is 7.39. The summed E-state index contributed by atoms with van der Waals surface area (Å²) in [4.78, 5) is 4.88. The van der Waals surface area contributed by atoms with Gasteiger partial charge < -0.3 is 9.80 Å². The van der Waals surface area contributed by atoms with Crippen molar-refractivity contribution in [2.45, 2.75) is 110 Å². The van der Waals surface area contributed by atoms with Crippen molar-refractivity contribution in [2.75, 3.05) is 9.80 Å². The molecule has 0 N–H and O–H groups in total. The lowest BCUT2D eigenvalue weighted by atomic mass is 9.66. The lowest BCUT2D eigenvalue weighted by Crippen LogP contribution is -2.29. The second-order valence-electron chi connectivity index (χ2n) is 26.3. The number of fused-ring (bicyclic) bond motifs is 9. The van der Waals surface area contributed by atoms with Gasteiger partial charge in [-0.15, -0.1) is 0 Å². The van der Waals surface area contributed by atoms with Gasteiger partial charge in [-0.25, -0.2) is 0 Å². The van der Waals surface area contributed by atoms with E-state index in [0.29, 0.717) is 0 Å². The van der Waals surface area contributed by atoms with Gasteiger partial charge in [0.25, 0.3) is 0 Å². The Morgan fingerprint density at radius 3 is 1.06 bits per heavy atom. The van der Waals surface area contributed by atoms with Gasteiger partial charge in [-0.2, -0.15) is 0 Å². The van der Waals surface area contributed by atoms with Gasteiger partial charge in [0.15, 0.2) is 0 Å². The minimum absolute atomic E-state index is 0.0356. The molecule has 0 fully saturated rings. The van der Waals surface area contributed by atoms with Crippen LogP contribution < -0.4 is 9.80 Å². The first-order chi connectivity index (χ1) is 37.7. The monoisotopic (exact) mass is 1030 g/mol. The molecule has 11 aromatic carbocycles. The van der Waals surface area contributed by atoms with Crippen molar-refractivity contribution < 1.29 is 0 Å². The Balaban J connectivity index is 1.12. The van der Waals surface area contributed by atoms with Crippen LogP contribution in [0.15, 0.2) is 231 Å². The number of nitrogens with zero attached hydrogens (tertiary/aromatic N) is 2. The average Bonchev–Trinajstić information content (AvgIpc) is 3.87. The van der Waals surface area contributed by atoms with Crippen LogP contribution in [0.5, 0.6) is 0 Å². The summed E-state index contributed by atoms with van der Waals surface area (Å²) in [5.41, 5.74) is 19.2. The molecule has 1 aliphatic rings. The second kappa shape index (κ2) is 19.0. The van der Waals surface area contributed by atoms with Crippen LogP contribution in [0.3, 0.4) is 0 Å². The van der Waals surface area contributed by atoms with Crippen LogP contribution in [0.2, 0.25) is 0 Å². The normalized spacial score (nSPS) is 13.4. The van der Waals surface area contributed by atoms with E-state index in [4.69, 9.17) is 0 Å². The van der Waals surface area contributed by atoms with Crippen molar-refractivity contribution in [3.05, 3.63) is 275 Å². The highest BCUT2D eigenvalue weighted by Crippen LogP contribution is 2.61. The molecule has 0 unspecified atom stereocenters. The molecule has 0 bridgehead atoms. The minimum atomic E-state index is -0.669. The smallest absolute Gasteiger partial charge is 0.0720 e. The van der Waals surface area contributed by atoms with Crippen LogP contribution in [0.1, 0.15) is 128 Å². The molecule has 0 radical (unpaired) electrons. The number of hydrogen-bond donors (Lipinski definition) is 0. The molecule has 0 amide bonds. The molecule has 2 heteroatoms. The number of rotatable bonds is 8.